The molecular formula is C14H20N4. The summed E-state index contributed by atoms with van der Waals surface area (Å²) in [7, 11) is 0. The smallest absolute Gasteiger partial charge is 0.106 e. The van der Waals surface area contributed by atoms with E-state index < -0.39 is 0 Å². The summed E-state index contributed by atoms with van der Waals surface area (Å²) in [5.41, 5.74) is 2.19. The number of hydrogen-bond donors (Lipinski definition) is 2. The second kappa shape index (κ2) is 6.31. The molecule has 4 nitrogen and oxygen atoms in total. The van der Waals surface area contributed by atoms with Crippen LogP contribution in [0.15, 0.2) is 30.7 Å². The van der Waals surface area contributed by atoms with E-state index in [1.165, 1.54) is 0 Å². The first-order valence-electron chi connectivity index (χ1n) is 6.43. The molecule has 0 radical (unpaired) electrons. The zero-order valence-corrected chi connectivity index (χ0v) is 11.0. The fourth-order valence-corrected chi connectivity index (χ4v) is 1.81. The van der Waals surface area contributed by atoms with Crippen LogP contribution in [0.25, 0.3) is 11.3 Å². The highest BCUT2D eigenvalue weighted by molar-refractivity contribution is 5.57. The lowest BCUT2D eigenvalue weighted by atomic mass is 10.2. The minimum atomic E-state index is 0.550. The highest BCUT2D eigenvalue weighted by atomic mass is 14.9. The van der Waals surface area contributed by atoms with Crippen molar-refractivity contribution in [2.75, 3.05) is 6.54 Å². The molecule has 2 N–H and O–H groups in total. The van der Waals surface area contributed by atoms with Crippen molar-refractivity contribution in [2.24, 2.45) is 0 Å². The maximum absolute atomic E-state index is 4.41. The van der Waals surface area contributed by atoms with Crippen molar-refractivity contribution in [3.8, 4) is 11.3 Å². The van der Waals surface area contributed by atoms with Gasteiger partial charge >= 0.3 is 0 Å². The molecule has 0 bridgehead atoms. The molecule has 0 amide bonds. The van der Waals surface area contributed by atoms with Gasteiger partial charge < -0.3 is 10.3 Å². The monoisotopic (exact) mass is 244 g/mol. The number of aromatic amines is 1. The molecule has 0 aliphatic rings. The van der Waals surface area contributed by atoms with Crippen molar-refractivity contribution in [1.82, 2.24) is 20.3 Å². The van der Waals surface area contributed by atoms with Crippen LogP contribution < -0.4 is 5.32 Å². The van der Waals surface area contributed by atoms with Crippen molar-refractivity contribution in [3.05, 3.63) is 36.5 Å². The second-order valence-electron chi connectivity index (χ2n) is 4.69. The van der Waals surface area contributed by atoms with Gasteiger partial charge in [-0.2, -0.15) is 0 Å². The Bertz CT molecular complexity index is 462. The Hall–Kier alpha value is -1.68. The normalized spacial score (nSPS) is 11.1. The predicted octanol–water partition coefficient (Wildman–Crippen LogP) is 2.40. The number of nitrogens with zero attached hydrogens (tertiary/aromatic N) is 2. The Kier molecular flexibility index (Phi) is 4.47. The number of imidazole rings is 1. The van der Waals surface area contributed by atoms with E-state index in [1.54, 1.807) is 12.4 Å². The lowest BCUT2D eigenvalue weighted by Gasteiger charge is -2.06. The highest BCUT2D eigenvalue weighted by Gasteiger charge is 2.02. The molecule has 0 fully saturated rings. The molecule has 2 heterocycles. The zero-order valence-electron chi connectivity index (χ0n) is 11.0. The maximum Gasteiger partial charge on any atom is 0.106 e. The Balaban J connectivity index is 1.87. The van der Waals surface area contributed by atoms with Gasteiger partial charge in [-0.15, -0.1) is 0 Å². The summed E-state index contributed by atoms with van der Waals surface area (Å²) in [5, 5.41) is 3.40. The molecule has 0 aliphatic carbocycles. The Morgan fingerprint density at radius 1 is 1.28 bits per heavy atom. The van der Waals surface area contributed by atoms with Gasteiger partial charge in [0.25, 0.3) is 0 Å². The predicted molar refractivity (Wildman–Crippen MR) is 73.3 cm³/mol. The number of H-pyrrole nitrogens is 1. The first kappa shape index (κ1) is 12.8. The first-order valence-corrected chi connectivity index (χ1v) is 6.43. The molecule has 2 rings (SSSR count). The van der Waals surface area contributed by atoms with Crippen LogP contribution in [0.5, 0.6) is 0 Å². The molecular weight excluding hydrogens is 224 g/mol. The van der Waals surface area contributed by atoms with E-state index in [0.717, 1.165) is 36.5 Å². The number of nitrogens with one attached hydrogen (secondary N) is 2. The minimum Gasteiger partial charge on any atom is -0.342 e. The number of rotatable bonds is 6. The van der Waals surface area contributed by atoms with Crippen molar-refractivity contribution in [2.45, 2.75) is 32.7 Å². The zero-order chi connectivity index (χ0) is 12.8. The third-order valence-corrected chi connectivity index (χ3v) is 2.76. The van der Waals surface area contributed by atoms with E-state index >= 15 is 0 Å². The Labute approximate surface area is 108 Å². The molecule has 0 atom stereocenters. The van der Waals surface area contributed by atoms with Crippen LogP contribution in [-0.2, 0) is 6.42 Å². The van der Waals surface area contributed by atoms with Crippen LogP contribution in [0.1, 0.15) is 26.1 Å². The second-order valence-corrected chi connectivity index (χ2v) is 4.69. The number of aromatic nitrogens is 3. The Morgan fingerprint density at radius 3 is 2.78 bits per heavy atom. The largest absolute Gasteiger partial charge is 0.342 e. The van der Waals surface area contributed by atoms with Gasteiger partial charge in [-0.3, -0.25) is 4.98 Å². The van der Waals surface area contributed by atoms with Crippen LogP contribution in [0.2, 0.25) is 0 Å². The number of pyridine rings is 1. The molecule has 0 aromatic carbocycles. The van der Waals surface area contributed by atoms with Crippen LogP contribution in [0.4, 0.5) is 0 Å². The van der Waals surface area contributed by atoms with Gasteiger partial charge in [0.1, 0.15) is 5.82 Å². The van der Waals surface area contributed by atoms with Crippen LogP contribution >= 0.6 is 0 Å². The van der Waals surface area contributed by atoms with E-state index in [0.29, 0.717) is 6.04 Å². The number of aryl methyl sites for hydroxylation is 1. The third-order valence-electron chi connectivity index (χ3n) is 2.76. The average Bonchev–Trinajstić information content (AvgIpc) is 2.84. The van der Waals surface area contributed by atoms with Gasteiger partial charge in [0.05, 0.1) is 11.9 Å². The van der Waals surface area contributed by atoms with Crippen LogP contribution in [-0.4, -0.2) is 27.5 Å². The van der Waals surface area contributed by atoms with Crippen molar-refractivity contribution in [3.63, 3.8) is 0 Å². The van der Waals surface area contributed by atoms with E-state index in [9.17, 15) is 0 Å². The molecule has 4 heteroatoms. The lowest BCUT2D eigenvalue weighted by molar-refractivity contribution is 0.567. The minimum absolute atomic E-state index is 0.550. The van der Waals surface area contributed by atoms with Crippen molar-refractivity contribution >= 4 is 0 Å². The summed E-state index contributed by atoms with van der Waals surface area (Å²) in [6.07, 6.45) is 7.55. The molecule has 0 saturated heterocycles. The van der Waals surface area contributed by atoms with Gasteiger partial charge in [0.2, 0.25) is 0 Å². The molecule has 2 aromatic rings. The topological polar surface area (TPSA) is 53.6 Å². The van der Waals surface area contributed by atoms with Gasteiger partial charge in [0.15, 0.2) is 0 Å². The van der Waals surface area contributed by atoms with Crippen molar-refractivity contribution < 1.29 is 0 Å². The molecule has 0 aliphatic heterocycles. The summed E-state index contributed by atoms with van der Waals surface area (Å²) in [6, 6.07) is 4.52. The average molecular weight is 244 g/mol. The summed E-state index contributed by atoms with van der Waals surface area (Å²) in [4.78, 5) is 11.8. The fraction of sp³-hybridized carbons (Fsp3) is 0.429. The molecule has 0 spiro atoms. The molecule has 0 saturated carbocycles. The third kappa shape index (κ3) is 3.67. The van der Waals surface area contributed by atoms with Gasteiger partial charge in [-0.05, 0) is 25.1 Å². The van der Waals surface area contributed by atoms with Crippen LogP contribution in [0, 0.1) is 0 Å². The van der Waals surface area contributed by atoms with E-state index in [-0.39, 0.29) is 0 Å². The highest BCUT2D eigenvalue weighted by Crippen LogP contribution is 2.15. The molecule has 0 unspecified atom stereocenters. The van der Waals surface area contributed by atoms with Crippen LogP contribution in [0.3, 0.4) is 0 Å². The summed E-state index contributed by atoms with van der Waals surface area (Å²) in [6.45, 7) is 5.35. The summed E-state index contributed by atoms with van der Waals surface area (Å²) in [5.74, 6) is 1.05. The van der Waals surface area contributed by atoms with E-state index in [2.05, 4.69) is 34.1 Å². The summed E-state index contributed by atoms with van der Waals surface area (Å²) >= 11 is 0. The molecule has 18 heavy (non-hydrogen) atoms. The molecule has 96 valence electrons. The molecule has 2 aromatic heterocycles. The lowest BCUT2D eigenvalue weighted by Crippen LogP contribution is -2.24. The first-order chi connectivity index (χ1) is 8.75. The van der Waals surface area contributed by atoms with E-state index in [4.69, 9.17) is 0 Å². The SMILES string of the molecule is CC(C)NCCCc1ncc(-c2ccncc2)[nH]1. The maximum atomic E-state index is 4.41. The van der Waals surface area contributed by atoms with E-state index in [1.807, 2.05) is 18.3 Å². The fourth-order valence-electron chi connectivity index (χ4n) is 1.81. The van der Waals surface area contributed by atoms with Crippen molar-refractivity contribution in [1.29, 1.82) is 0 Å². The standard InChI is InChI=1S/C14H20N4/c1-11(2)16-7-3-4-14-17-10-13(18-14)12-5-8-15-9-6-12/h5-6,8-11,16H,3-4,7H2,1-2H3,(H,17,18). The van der Waals surface area contributed by atoms with Gasteiger partial charge in [-0.25, -0.2) is 4.98 Å². The number of hydrogen-bond acceptors (Lipinski definition) is 3. The quantitative estimate of drug-likeness (QED) is 0.767. The Morgan fingerprint density at radius 2 is 2.06 bits per heavy atom. The van der Waals surface area contributed by atoms with Gasteiger partial charge in [0, 0.05) is 30.4 Å². The van der Waals surface area contributed by atoms with Gasteiger partial charge in [-0.1, -0.05) is 13.8 Å². The summed E-state index contributed by atoms with van der Waals surface area (Å²) < 4.78 is 0.